The normalized spacial score (nSPS) is 14.1. The highest BCUT2D eigenvalue weighted by atomic mass is 28.4. The molecule has 0 aliphatic rings. The molecule has 0 fully saturated rings. The number of aliphatic carboxylic acids is 1. The molecule has 63 heavy (non-hydrogen) atoms. The fourth-order valence-corrected chi connectivity index (χ4v) is 14.4. The quantitative estimate of drug-likeness (QED) is 0.0413. The molecular weight excluding hydrogens is 787 g/mol. The van der Waals surface area contributed by atoms with Crippen LogP contribution in [0.15, 0.2) is 97.1 Å². The van der Waals surface area contributed by atoms with Crippen LogP contribution in [0.3, 0.4) is 0 Å². The lowest BCUT2D eigenvalue weighted by Gasteiger charge is -2.45. The lowest BCUT2D eigenvalue weighted by atomic mass is 9.85. The summed E-state index contributed by atoms with van der Waals surface area (Å²) in [6.07, 6.45) is 47.8. The van der Waals surface area contributed by atoms with E-state index in [-0.39, 0.29) is 17.6 Å². The van der Waals surface area contributed by atoms with E-state index in [0.717, 1.165) is 32.1 Å². The number of carboxylic acids is 1. The molecule has 4 nitrogen and oxygen atoms in total. The Kier molecular flexibility index (Phi) is 31.8. The molecule has 2 unspecified atom stereocenters. The Morgan fingerprint density at radius 1 is 0.587 bits per heavy atom. The van der Waals surface area contributed by atoms with Gasteiger partial charge in [-0.05, 0) is 112 Å². The minimum absolute atomic E-state index is 0.0136. The van der Waals surface area contributed by atoms with Gasteiger partial charge in [0.25, 0.3) is 8.32 Å². The van der Waals surface area contributed by atoms with E-state index >= 15 is 0 Å². The molecule has 1 N–H and O–H groups in total. The van der Waals surface area contributed by atoms with Crippen LogP contribution in [-0.4, -0.2) is 50.5 Å². The van der Waals surface area contributed by atoms with Crippen molar-refractivity contribution in [2.45, 2.75) is 232 Å². The van der Waals surface area contributed by atoms with E-state index < -0.39 is 14.3 Å². The summed E-state index contributed by atoms with van der Waals surface area (Å²) in [7, 11) is 1.73. The summed E-state index contributed by atoms with van der Waals surface area (Å²) >= 11 is 0. The smallest absolute Gasteiger partial charge is 0.303 e. The summed E-state index contributed by atoms with van der Waals surface area (Å²) in [5.41, 5.74) is 0. The average Bonchev–Trinajstić information content (AvgIpc) is 3.26. The third kappa shape index (κ3) is 24.4. The van der Waals surface area contributed by atoms with E-state index in [9.17, 15) is 9.90 Å². The van der Waals surface area contributed by atoms with Crippen LogP contribution < -0.4 is 10.4 Å². The summed E-state index contributed by atoms with van der Waals surface area (Å²) in [5, 5.41) is 12.2. The van der Waals surface area contributed by atoms with Crippen molar-refractivity contribution >= 4 is 24.7 Å². The predicted molar refractivity (Wildman–Crippen MR) is 279 cm³/mol. The number of benzene rings is 2. The van der Waals surface area contributed by atoms with Crippen molar-refractivity contribution in [3.8, 4) is 0 Å². The number of hydrogen-bond acceptors (Lipinski definition) is 3. The first-order chi connectivity index (χ1) is 30.6. The molecule has 0 amide bonds. The molecule has 2 aromatic carbocycles. The maximum absolute atomic E-state index is 11.5. The van der Waals surface area contributed by atoms with Crippen LogP contribution in [0.4, 0.5) is 0 Å². The van der Waals surface area contributed by atoms with Crippen molar-refractivity contribution in [3.05, 3.63) is 97.1 Å². The van der Waals surface area contributed by atoms with Gasteiger partial charge >= 0.3 is 5.97 Å². The highest BCUT2D eigenvalue weighted by Crippen LogP contribution is 2.38. The number of rotatable bonds is 39. The Labute approximate surface area is 391 Å². The molecule has 0 aromatic heterocycles. The molecule has 0 heterocycles. The lowest BCUT2D eigenvalue weighted by molar-refractivity contribution is -0.137. The number of unbranched alkanes of at least 4 members (excludes halogenated alkanes) is 17. The van der Waals surface area contributed by atoms with Crippen LogP contribution in [0.2, 0.25) is 5.04 Å². The first-order valence-corrected chi connectivity index (χ1v) is 28.1. The third-order valence-electron chi connectivity index (χ3n) is 13.3. The van der Waals surface area contributed by atoms with Crippen molar-refractivity contribution in [1.82, 2.24) is 4.90 Å². The molecule has 0 bridgehead atoms. The maximum Gasteiger partial charge on any atom is 0.303 e. The number of carbonyl (C=O) groups is 1. The van der Waals surface area contributed by atoms with E-state index in [1.807, 2.05) is 0 Å². The van der Waals surface area contributed by atoms with Gasteiger partial charge in [0.05, 0.1) is 0 Å². The van der Waals surface area contributed by atoms with Gasteiger partial charge in [0, 0.05) is 18.6 Å². The second-order valence-electron chi connectivity index (χ2n) is 19.9. The van der Waals surface area contributed by atoms with Crippen LogP contribution in [0.25, 0.3) is 0 Å². The van der Waals surface area contributed by atoms with Gasteiger partial charge in [-0.15, -0.1) is 0 Å². The molecular formula is C58H97NO3Si. The molecule has 2 aromatic rings. The fraction of sp³-hybridized carbons (Fsp3) is 0.672. The van der Waals surface area contributed by atoms with Crippen LogP contribution in [-0.2, 0) is 9.22 Å². The topological polar surface area (TPSA) is 49.8 Å². The van der Waals surface area contributed by atoms with E-state index in [1.54, 1.807) is 0 Å². The minimum Gasteiger partial charge on any atom is -0.481 e. The molecule has 3 atom stereocenters. The lowest BCUT2D eigenvalue weighted by Crippen LogP contribution is -2.67. The molecule has 356 valence electrons. The SMILES string of the molecule is CCCCC/C=C\C/C=C\CCCCCCCCC(CCCCCCCC/C=C\C[C@@H](CCCCC)O[Si](c1ccccc1)(c1ccccc1)C(C)(C)C)C(CCC(=O)O)N(C)C. The summed E-state index contributed by atoms with van der Waals surface area (Å²) < 4.78 is 7.60. The monoisotopic (exact) mass is 884 g/mol. The van der Waals surface area contributed by atoms with E-state index in [0.29, 0.717) is 12.0 Å². The van der Waals surface area contributed by atoms with Crippen LogP contribution in [0, 0.1) is 5.92 Å². The van der Waals surface area contributed by atoms with Gasteiger partial charge < -0.3 is 14.4 Å². The Hall–Kier alpha value is -2.73. The number of allylic oxidation sites excluding steroid dienone is 5. The van der Waals surface area contributed by atoms with Crippen LogP contribution in [0.5, 0.6) is 0 Å². The molecule has 0 aliphatic carbocycles. The third-order valence-corrected chi connectivity index (χ3v) is 18.4. The van der Waals surface area contributed by atoms with E-state index in [1.165, 1.54) is 152 Å². The van der Waals surface area contributed by atoms with Crippen molar-refractivity contribution < 1.29 is 14.3 Å². The second-order valence-corrected chi connectivity index (χ2v) is 24.2. The second kappa shape index (κ2) is 35.5. The molecule has 0 radical (unpaired) electrons. The standard InChI is InChI=1S/C58H97NO3Si/c1-8-10-12-13-14-15-16-17-18-19-20-21-23-26-29-35-42-52(56(59(6)7)50-51-57(60)61)43-36-30-27-24-22-25-28-31-37-45-53(44-34-11-9-2)62-63(58(3,4)5,54-46-38-32-39-47-54)55-48-40-33-41-49-55/h14-15,17-18,31-33,37-41,46-49,52-53,56H,8-13,16,19-30,34-36,42-45,50-51H2,1-7H3,(H,60,61)/b15-14-,18-17-,37-31-/t52?,53-,56?/m1/s1. The zero-order valence-corrected chi connectivity index (χ0v) is 43.0. The Bertz CT molecular complexity index is 1420. The summed E-state index contributed by atoms with van der Waals surface area (Å²) in [6.45, 7) is 11.7. The summed E-state index contributed by atoms with van der Waals surface area (Å²) in [6, 6.07) is 22.6. The summed E-state index contributed by atoms with van der Waals surface area (Å²) in [5.74, 6) is -0.0821. The highest BCUT2D eigenvalue weighted by Gasteiger charge is 2.51. The van der Waals surface area contributed by atoms with Crippen molar-refractivity contribution in [2.24, 2.45) is 5.92 Å². The number of carboxylic acid groups (broad SMARTS) is 1. The largest absolute Gasteiger partial charge is 0.481 e. The highest BCUT2D eigenvalue weighted by molar-refractivity contribution is 6.99. The van der Waals surface area contributed by atoms with Gasteiger partial charge in [0.2, 0.25) is 0 Å². The van der Waals surface area contributed by atoms with Gasteiger partial charge in [-0.3, -0.25) is 4.79 Å². The molecule has 0 saturated heterocycles. The van der Waals surface area contributed by atoms with E-state index in [2.05, 4.69) is 151 Å². The van der Waals surface area contributed by atoms with Crippen LogP contribution >= 0.6 is 0 Å². The Morgan fingerprint density at radius 2 is 1.02 bits per heavy atom. The predicted octanol–water partition coefficient (Wildman–Crippen LogP) is 16.2. The van der Waals surface area contributed by atoms with Gasteiger partial charge in [-0.2, -0.15) is 0 Å². The van der Waals surface area contributed by atoms with Crippen molar-refractivity contribution in [1.29, 1.82) is 0 Å². The Balaban J connectivity index is 1.79. The van der Waals surface area contributed by atoms with Crippen molar-refractivity contribution in [3.63, 3.8) is 0 Å². The molecule has 0 aliphatic heterocycles. The first-order valence-electron chi connectivity index (χ1n) is 26.2. The number of hydrogen-bond donors (Lipinski definition) is 1. The van der Waals surface area contributed by atoms with Gasteiger partial charge in [-0.25, -0.2) is 0 Å². The van der Waals surface area contributed by atoms with Crippen molar-refractivity contribution in [2.75, 3.05) is 14.1 Å². The molecule has 0 saturated carbocycles. The van der Waals surface area contributed by atoms with Crippen LogP contribution in [0.1, 0.15) is 214 Å². The Morgan fingerprint density at radius 3 is 1.48 bits per heavy atom. The van der Waals surface area contributed by atoms with Gasteiger partial charge in [-0.1, -0.05) is 228 Å². The van der Waals surface area contributed by atoms with Gasteiger partial charge in [0.1, 0.15) is 0 Å². The number of nitrogens with zero attached hydrogens (tertiary/aromatic N) is 1. The molecule has 5 heteroatoms. The zero-order valence-electron chi connectivity index (χ0n) is 42.0. The zero-order chi connectivity index (χ0) is 45.9. The fourth-order valence-electron chi connectivity index (χ4n) is 9.64. The summed E-state index contributed by atoms with van der Waals surface area (Å²) in [4.78, 5) is 13.8. The first kappa shape index (κ1) is 56.4. The minimum atomic E-state index is -2.58. The maximum atomic E-state index is 11.5. The molecule has 0 spiro atoms. The molecule has 2 rings (SSSR count). The van der Waals surface area contributed by atoms with E-state index in [4.69, 9.17) is 4.43 Å². The van der Waals surface area contributed by atoms with Gasteiger partial charge in [0.15, 0.2) is 0 Å². The average molecular weight is 885 g/mol.